The first-order chi connectivity index (χ1) is 11.7. The highest BCUT2D eigenvalue weighted by Gasteiger charge is 2.25. The van der Waals surface area contributed by atoms with Gasteiger partial charge >= 0.3 is 0 Å². The van der Waals surface area contributed by atoms with Crippen LogP contribution in [0.25, 0.3) is 11.1 Å². The fourth-order valence-electron chi connectivity index (χ4n) is 3.22. The summed E-state index contributed by atoms with van der Waals surface area (Å²) in [7, 11) is 0. The van der Waals surface area contributed by atoms with Crippen molar-refractivity contribution in [3.8, 4) is 16.9 Å². The van der Waals surface area contributed by atoms with Crippen LogP contribution in [0.5, 0.6) is 5.75 Å². The molecule has 2 nitrogen and oxygen atoms in total. The van der Waals surface area contributed by atoms with E-state index in [0.717, 1.165) is 49.2 Å². The molecule has 4 heteroatoms. The molecule has 0 atom stereocenters. The lowest BCUT2D eigenvalue weighted by atomic mass is 9.79. The van der Waals surface area contributed by atoms with E-state index in [0.29, 0.717) is 10.6 Å². The molecular formula is C20H21ClO2S. The molecule has 0 N–H and O–H groups in total. The molecule has 0 saturated heterocycles. The van der Waals surface area contributed by atoms with E-state index in [1.54, 1.807) is 6.07 Å². The SMILES string of the molecule is CSCCCOc1cc(C)c(-c2ccc(Cl)c(C=O)c2)c2c1CC2. The molecular weight excluding hydrogens is 340 g/mol. The normalized spacial score (nSPS) is 12.5. The Kier molecular flexibility index (Phi) is 5.52. The van der Waals surface area contributed by atoms with Gasteiger partial charge in [0.25, 0.3) is 0 Å². The maximum atomic E-state index is 11.2. The topological polar surface area (TPSA) is 26.3 Å². The Bertz CT molecular complexity index is 771. The van der Waals surface area contributed by atoms with E-state index in [1.807, 2.05) is 23.9 Å². The van der Waals surface area contributed by atoms with Crippen molar-refractivity contribution in [1.82, 2.24) is 0 Å². The number of halogens is 1. The third-order valence-corrected chi connectivity index (χ3v) is 5.53. The molecule has 0 heterocycles. The Balaban J connectivity index is 1.93. The maximum Gasteiger partial charge on any atom is 0.151 e. The van der Waals surface area contributed by atoms with Gasteiger partial charge < -0.3 is 4.74 Å². The number of hydrogen-bond acceptors (Lipinski definition) is 3. The van der Waals surface area contributed by atoms with Crippen molar-refractivity contribution in [3.63, 3.8) is 0 Å². The second-order valence-electron chi connectivity index (χ2n) is 6.07. The number of fused-ring (bicyclic) bond motifs is 1. The van der Waals surface area contributed by atoms with Crippen LogP contribution in [0.3, 0.4) is 0 Å². The van der Waals surface area contributed by atoms with Gasteiger partial charge in [0.15, 0.2) is 6.29 Å². The highest BCUT2D eigenvalue weighted by molar-refractivity contribution is 7.98. The van der Waals surface area contributed by atoms with Crippen LogP contribution < -0.4 is 4.74 Å². The lowest BCUT2D eigenvalue weighted by Gasteiger charge is -2.28. The first kappa shape index (κ1) is 17.4. The zero-order valence-corrected chi connectivity index (χ0v) is 15.6. The minimum atomic E-state index is 0.499. The Morgan fingerprint density at radius 1 is 1.25 bits per heavy atom. The molecule has 0 saturated carbocycles. The molecule has 1 aliphatic carbocycles. The van der Waals surface area contributed by atoms with Crippen LogP contribution in [0.2, 0.25) is 5.02 Å². The van der Waals surface area contributed by atoms with Crippen molar-refractivity contribution in [2.45, 2.75) is 26.2 Å². The Labute approximate surface area is 152 Å². The first-order valence-corrected chi connectivity index (χ1v) is 9.95. The van der Waals surface area contributed by atoms with Crippen LogP contribution in [0.15, 0.2) is 24.3 Å². The van der Waals surface area contributed by atoms with Crippen molar-refractivity contribution in [2.75, 3.05) is 18.6 Å². The molecule has 0 radical (unpaired) electrons. The van der Waals surface area contributed by atoms with E-state index in [9.17, 15) is 4.79 Å². The molecule has 2 aromatic carbocycles. The summed E-state index contributed by atoms with van der Waals surface area (Å²) in [5.74, 6) is 2.15. The highest BCUT2D eigenvalue weighted by Crippen LogP contribution is 2.42. The summed E-state index contributed by atoms with van der Waals surface area (Å²) in [5.41, 5.74) is 6.69. The minimum Gasteiger partial charge on any atom is -0.493 e. The summed E-state index contributed by atoms with van der Waals surface area (Å²) < 4.78 is 6.02. The smallest absolute Gasteiger partial charge is 0.151 e. The Morgan fingerprint density at radius 2 is 2.04 bits per heavy atom. The van der Waals surface area contributed by atoms with Crippen LogP contribution in [0, 0.1) is 6.92 Å². The highest BCUT2D eigenvalue weighted by atomic mass is 35.5. The molecule has 126 valence electrons. The Hall–Kier alpha value is -1.45. The molecule has 2 aromatic rings. The largest absolute Gasteiger partial charge is 0.493 e. The molecule has 24 heavy (non-hydrogen) atoms. The molecule has 0 aliphatic heterocycles. The van der Waals surface area contributed by atoms with Gasteiger partial charge in [-0.05, 0) is 84.2 Å². The third-order valence-electron chi connectivity index (χ3n) is 4.49. The summed E-state index contributed by atoms with van der Waals surface area (Å²) in [6, 6.07) is 7.82. The predicted molar refractivity (Wildman–Crippen MR) is 103 cm³/mol. The van der Waals surface area contributed by atoms with Crippen LogP contribution in [0.4, 0.5) is 0 Å². The second kappa shape index (κ2) is 7.62. The molecule has 3 rings (SSSR count). The molecule has 0 bridgehead atoms. The quantitative estimate of drug-likeness (QED) is 0.491. The van der Waals surface area contributed by atoms with Crippen molar-refractivity contribution in [1.29, 1.82) is 0 Å². The summed E-state index contributed by atoms with van der Waals surface area (Å²) >= 11 is 7.91. The lowest BCUT2D eigenvalue weighted by molar-refractivity contribution is 0.112. The molecule has 0 amide bonds. The number of carbonyl (C=O) groups excluding carboxylic acids is 1. The number of thioether (sulfide) groups is 1. The maximum absolute atomic E-state index is 11.2. The molecule has 1 aliphatic rings. The molecule has 0 spiro atoms. The van der Waals surface area contributed by atoms with Crippen molar-refractivity contribution in [2.24, 2.45) is 0 Å². The number of carbonyl (C=O) groups is 1. The predicted octanol–water partition coefficient (Wildman–Crippen LogP) is 5.36. The average Bonchev–Trinajstić information content (AvgIpc) is 2.54. The lowest BCUT2D eigenvalue weighted by Crippen LogP contribution is -2.15. The van der Waals surface area contributed by atoms with Crippen LogP contribution in [-0.2, 0) is 12.8 Å². The number of hydrogen-bond donors (Lipinski definition) is 0. The van der Waals surface area contributed by atoms with Gasteiger partial charge in [0.2, 0.25) is 0 Å². The van der Waals surface area contributed by atoms with Gasteiger partial charge in [0.1, 0.15) is 5.75 Å². The number of aldehydes is 1. The standard InChI is InChI=1S/C20H21ClO2S/c1-13-10-19(23-8-3-9-24-2)16-5-6-17(16)20(13)14-4-7-18(21)15(11-14)12-22/h4,7,10-12H,3,5-6,8-9H2,1-2H3. The van der Waals surface area contributed by atoms with E-state index in [2.05, 4.69) is 19.2 Å². The fourth-order valence-corrected chi connectivity index (χ4v) is 3.79. The van der Waals surface area contributed by atoms with Crippen LogP contribution in [-0.4, -0.2) is 24.9 Å². The summed E-state index contributed by atoms with van der Waals surface area (Å²) in [6.07, 6.45) is 6.12. The van der Waals surface area contributed by atoms with Gasteiger partial charge in [-0.25, -0.2) is 0 Å². The van der Waals surface area contributed by atoms with Gasteiger partial charge in [-0.15, -0.1) is 0 Å². The second-order valence-corrected chi connectivity index (χ2v) is 7.47. The van der Waals surface area contributed by atoms with Gasteiger partial charge in [-0.3, -0.25) is 4.79 Å². The van der Waals surface area contributed by atoms with Crippen molar-refractivity contribution in [3.05, 3.63) is 51.5 Å². The first-order valence-electron chi connectivity index (χ1n) is 8.18. The number of aryl methyl sites for hydroxylation is 1. The fraction of sp³-hybridized carbons (Fsp3) is 0.350. The van der Waals surface area contributed by atoms with E-state index in [1.165, 1.54) is 22.3 Å². The van der Waals surface area contributed by atoms with Crippen molar-refractivity contribution < 1.29 is 9.53 Å². The number of rotatable bonds is 7. The summed E-state index contributed by atoms with van der Waals surface area (Å²) in [6.45, 7) is 2.88. The van der Waals surface area contributed by atoms with E-state index in [4.69, 9.17) is 16.3 Å². The number of benzene rings is 2. The zero-order valence-electron chi connectivity index (χ0n) is 14.0. The molecule has 0 fully saturated rings. The molecule has 0 aromatic heterocycles. The van der Waals surface area contributed by atoms with Crippen LogP contribution >= 0.6 is 23.4 Å². The van der Waals surface area contributed by atoms with Gasteiger partial charge in [0.05, 0.1) is 11.6 Å². The van der Waals surface area contributed by atoms with E-state index >= 15 is 0 Å². The van der Waals surface area contributed by atoms with Crippen molar-refractivity contribution >= 4 is 29.6 Å². The van der Waals surface area contributed by atoms with Gasteiger partial charge in [-0.1, -0.05) is 17.7 Å². The summed E-state index contributed by atoms with van der Waals surface area (Å²) in [4.78, 5) is 11.2. The minimum absolute atomic E-state index is 0.499. The van der Waals surface area contributed by atoms with Crippen LogP contribution in [0.1, 0.15) is 33.5 Å². The van der Waals surface area contributed by atoms with E-state index in [-0.39, 0.29) is 0 Å². The molecule has 0 unspecified atom stereocenters. The Morgan fingerprint density at radius 3 is 2.71 bits per heavy atom. The zero-order chi connectivity index (χ0) is 17.1. The third kappa shape index (κ3) is 3.33. The van der Waals surface area contributed by atoms with Gasteiger partial charge in [-0.2, -0.15) is 11.8 Å². The van der Waals surface area contributed by atoms with Gasteiger partial charge in [0, 0.05) is 5.56 Å². The number of ether oxygens (including phenoxy) is 1. The monoisotopic (exact) mass is 360 g/mol. The van der Waals surface area contributed by atoms with E-state index < -0.39 is 0 Å². The average molecular weight is 361 g/mol. The summed E-state index contributed by atoms with van der Waals surface area (Å²) in [5, 5.41) is 0.499.